The molecule has 1 atom stereocenters. The third-order valence-corrected chi connectivity index (χ3v) is 6.44. The minimum absolute atomic E-state index is 0.102. The lowest BCUT2D eigenvalue weighted by Crippen LogP contribution is -2.42. The highest BCUT2D eigenvalue weighted by atomic mass is 16.6. The van der Waals surface area contributed by atoms with E-state index in [1.807, 2.05) is 13.0 Å². The molecule has 2 aliphatic rings. The van der Waals surface area contributed by atoms with Gasteiger partial charge in [-0.05, 0) is 68.1 Å². The van der Waals surface area contributed by atoms with Crippen LogP contribution in [0.2, 0.25) is 0 Å². The lowest BCUT2D eigenvalue weighted by Gasteiger charge is -2.36. The van der Waals surface area contributed by atoms with Crippen molar-refractivity contribution < 1.29 is 19.4 Å². The summed E-state index contributed by atoms with van der Waals surface area (Å²) in [4.78, 5) is 13.8. The van der Waals surface area contributed by atoms with Crippen LogP contribution in [0.1, 0.15) is 55.9 Å². The van der Waals surface area contributed by atoms with Crippen molar-refractivity contribution in [2.75, 3.05) is 19.7 Å². The first-order valence-corrected chi connectivity index (χ1v) is 10.9. The SMILES string of the molecule is CCCc1ccc2c(c1)OC(c1ccc(CN3CCC(C)(C(=O)O)CC3)cc1)CO2. The number of likely N-dealkylation sites (tertiary alicyclic amines) is 1. The highest BCUT2D eigenvalue weighted by molar-refractivity contribution is 5.74. The molecule has 0 aromatic heterocycles. The lowest BCUT2D eigenvalue weighted by atomic mass is 9.80. The highest BCUT2D eigenvalue weighted by Crippen LogP contribution is 2.37. The number of hydrogen-bond acceptors (Lipinski definition) is 4. The summed E-state index contributed by atoms with van der Waals surface area (Å²) in [6, 6.07) is 14.7. The minimum Gasteiger partial charge on any atom is -0.485 e. The quantitative estimate of drug-likeness (QED) is 0.740. The molecule has 1 unspecified atom stereocenters. The molecule has 2 aliphatic heterocycles. The largest absolute Gasteiger partial charge is 0.485 e. The Balaban J connectivity index is 1.36. The minimum atomic E-state index is -0.676. The second-order valence-corrected chi connectivity index (χ2v) is 8.83. The molecule has 160 valence electrons. The number of carboxylic acid groups (broad SMARTS) is 1. The summed E-state index contributed by atoms with van der Waals surface area (Å²) in [6.45, 7) is 7.04. The molecular weight excluding hydrogens is 378 g/mol. The van der Waals surface area contributed by atoms with Crippen LogP contribution >= 0.6 is 0 Å². The van der Waals surface area contributed by atoms with Gasteiger partial charge in [0.25, 0.3) is 0 Å². The molecule has 4 rings (SSSR count). The van der Waals surface area contributed by atoms with Crippen molar-refractivity contribution in [3.63, 3.8) is 0 Å². The zero-order valence-corrected chi connectivity index (χ0v) is 17.9. The Kier molecular flexibility index (Phi) is 6.00. The van der Waals surface area contributed by atoms with E-state index in [1.165, 1.54) is 11.1 Å². The molecule has 30 heavy (non-hydrogen) atoms. The Hall–Kier alpha value is -2.53. The Labute approximate surface area is 178 Å². The van der Waals surface area contributed by atoms with Crippen LogP contribution in [0.3, 0.4) is 0 Å². The van der Waals surface area contributed by atoms with E-state index in [2.05, 4.69) is 48.2 Å². The van der Waals surface area contributed by atoms with E-state index in [0.29, 0.717) is 19.4 Å². The van der Waals surface area contributed by atoms with Gasteiger partial charge in [-0.15, -0.1) is 0 Å². The van der Waals surface area contributed by atoms with E-state index >= 15 is 0 Å². The first-order valence-electron chi connectivity index (χ1n) is 10.9. The summed E-state index contributed by atoms with van der Waals surface area (Å²) < 4.78 is 12.2. The fourth-order valence-corrected chi connectivity index (χ4v) is 4.24. The van der Waals surface area contributed by atoms with Crippen LogP contribution in [0.5, 0.6) is 11.5 Å². The maximum absolute atomic E-state index is 11.4. The van der Waals surface area contributed by atoms with Gasteiger partial charge in [0.05, 0.1) is 5.41 Å². The fourth-order valence-electron chi connectivity index (χ4n) is 4.24. The van der Waals surface area contributed by atoms with Gasteiger partial charge in [0.15, 0.2) is 17.6 Å². The van der Waals surface area contributed by atoms with Crippen LogP contribution < -0.4 is 9.47 Å². The van der Waals surface area contributed by atoms with Crippen molar-refractivity contribution in [2.24, 2.45) is 5.41 Å². The molecule has 0 spiro atoms. The van der Waals surface area contributed by atoms with E-state index in [0.717, 1.165) is 49.5 Å². The smallest absolute Gasteiger partial charge is 0.309 e. The molecule has 2 aromatic carbocycles. The van der Waals surface area contributed by atoms with Crippen LogP contribution in [0.4, 0.5) is 0 Å². The average molecular weight is 410 g/mol. The summed E-state index contributed by atoms with van der Waals surface area (Å²) in [5, 5.41) is 9.39. The maximum Gasteiger partial charge on any atom is 0.309 e. The zero-order valence-electron chi connectivity index (χ0n) is 17.9. The van der Waals surface area contributed by atoms with Crippen LogP contribution in [0.25, 0.3) is 0 Å². The number of ether oxygens (including phenoxy) is 2. The molecule has 0 bridgehead atoms. The summed E-state index contributed by atoms with van der Waals surface area (Å²) in [7, 11) is 0. The van der Waals surface area contributed by atoms with E-state index in [1.54, 1.807) is 0 Å². The third kappa shape index (κ3) is 4.46. The molecule has 1 fully saturated rings. The van der Waals surface area contributed by atoms with E-state index in [-0.39, 0.29) is 6.10 Å². The van der Waals surface area contributed by atoms with Gasteiger partial charge < -0.3 is 14.6 Å². The maximum atomic E-state index is 11.4. The molecule has 5 heteroatoms. The highest BCUT2D eigenvalue weighted by Gasteiger charge is 2.36. The van der Waals surface area contributed by atoms with Crippen LogP contribution in [0.15, 0.2) is 42.5 Å². The van der Waals surface area contributed by atoms with Gasteiger partial charge >= 0.3 is 5.97 Å². The number of rotatable bonds is 6. The fraction of sp³-hybridized carbons (Fsp3) is 0.480. The molecule has 0 radical (unpaired) electrons. The monoisotopic (exact) mass is 409 g/mol. The molecule has 0 aliphatic carbocycles. The number of aliphatic carboxylic acids is 1. The van der Waals surface area contributed by atoms with Crippen molar-refractivity contribution in [1.29, 1.82) is 0 Å². The van der Waals surface area contributed by atoms with Gasteiger partial charge in [-0.25, -0.2) is 0 Å². The average Bonchev–Trinajstić information content (AvgIpc) is 2.76. The van der Waals surface area contributed by atoms with Crippen molar-refractivity contribution >= 4 is 5.97 Å². The molecule has 1 N–H and O–H groups in total. The molecule has 2 heterocycles. The normalized spacial score (nSPS) is 20.7. The summed E-state index contributed by atoms with van der Waals surface area (Å²) in [6.07, 6.45) is 3.45. The number of benzene rings is 2. The second kappa shape index (κ2) is 8.68. The van der Waals surface area contributed by atoms with Crippen molar-refractivity contribution in [1.82, 2.24) is 4.90 Å². The zero-order chi connectivity index (χ0) is 21.1. The van der Waals surface area contributed by atoms with Gasteiger partial charge in [-0.1, -0.05) is 43.7 Å². The first kappa shape index (κ1) is 20.7. The van der Waals surface area contributed by atoms with E-state index < -0.39 is 11.4 Å². The Morgan fingerprint density at radius 1 is 1.10 bits per heavy atom. The molecule has 0 saturated carbocycles. The van der Waals surface area contributed by atoms with Gasteiger partial charge in [0, 0.05) is 6.54 Å². The lowest BCUT2D eigenvalue weighted by molar-refractivity contribution is -0.150. The van der Waals surface area contributed by atoms with Gasteiger partial charge in [0.2, 0.25) is 0 Å². The van der Waals surface area contributed by atoms with Crippen molar-refractivity contribution in [3.8, 4) is 11.5 Å². The number of carbonyl (C=O) groups is 1. The predicted octanol–water partition coefficient (Wildman–Crippen LogP) is 4.84. The standard InChI is InChI=1S/C25H31NO4/c1-3-4-18-7-10-21-22(15-18)30-23(17-29-21)20-8-5-19(6-9-20)16-26-13-11-25(2,12-14-26)24(27)28/h5-10,15,23H,3-4,11-14,16-17H2,1-2H3,(H,27,28). The molecule has 2 aromatic rings. The number of aryl methyl sites for hydroxylation is 1. The topological polar surface area (TPSA) is 59.0 Å². The van der Waals surface area contributed by atoms with Crippen LogP contribution in [-0.4, -0.2) is 35.7 Å². The van der Waals surface area contributed by atoms with Gasteiger partial charge in [0.1, 0.15) is 6.61 Å². The number of hydrogen-bond donors (Lipinski definition) is 1. The van der Waals surface area contributed by atoms with Crippen molar-refractivity contribution in [3.05, 3.63) is 59.2 Å². The van der Waals surface area contributed by atoms with E-state index in [4.69, 9.17) is 9.47 Å². The first-order chi connectivity index (χ1) is 14.5. The molecule has 5 nitrogen and oxygen atoms in total. The molecule has 0 amide bonds. The Morgan fingerprint density at radius 2 is 1.80 bits per heavy atom. The Morgan fingerprint density at radius 3 is 2.47 bits per heavy atom. The number of carboxylic acids is 1. The summed E-state index contributed by atoms with van der Waals surface area (Å²) >= 11 is 0. The van der Waals surface area contributed by atoms with Gasteiger partial charge in [-0.2, -0.15) is 0 Å². The Bertz CT molecular complexity index is 885. The number of fused-ring (bicyclic) bond motifs is 1. The molecular formula is C25H31NO4. The van der Waals surface area contributed by atoms with Crippen LogP contribution in [-0.2, 0) is 17.8 Å². The van der Waals surface area contributed by atoms with Crippen molar-refractivity contribution in [2.45, 2.75) is 52.2 Å². The summed E-state index contributed by atoms with van der Waals surface area (Å²) in [5.74, 6) is 0.974. The third-order valence-electron chi connectivity index (χ3n) is 6.44. The van der Waals surface area contributed by atoms with Gasteiger partial charge in [-0.3, -0.25) is 9.69 Å². The number of nitrogens with zero attached hydrogens (tertiary/aromatic N) is 1. The number of piperidine rings is 1. The summed E-state index contributed by atoms with van der Waals surface area (Å²) in [5.41, 5.74) is 3.05. The van der Waals surface area contributed by atoms with E-state index in [9.17, 15) is 9.90 Å². The van der Waals surface area contributed by atoms with Crippen LogP contribution in [0, 0.1) is 5.41 Å². The predicted molar refractivity (Wildman–Crippen MR) is 116 cm³/mol. The second-order valence-electron chi connectivity index (χ2n) is 8.83. The molecule has 1 saturated heterocycles.